The smallest absolute Gasteiger partial charge is 0.328 e. The van der Waals surface area contributed by atoms with E-state index >= 15 is 0 Å². The highest BCUT2D eigenvalue weighted by Gasteiger charge is 2.51. The molecule has 0 radical (unpaired) electrons. The van der Waals surface area contributed by atoms with Gasteiger partial charge in [0.1, 0.15) is 0 Å². The number of hydrogen-bond donors (Lipinski definition) is 0. The van der Waals surface area contributed by atoms with Gasteiger partial charge in [-0.15, -0.1) is 0 Å². The number of halogens is 1. The minimum atomic E-state index is -0.566. The van der Waals surface area contributed by atoms with Crippen molar-refractivity contribution in [3.63, 3.8) is 0 Å². The van der Waals surface area contributed by atoms with Gasteiger partial charge in [-0.1, -0.05) is 60.1 Å². The molecule has 156 valence electrons. The molecule has 2 aromatic rings. The SMILES string of the molecule is CN(Cc1ccccc1)C1=NC2C(C(=O)N(Cc3ccccc3Cl)C(=O)N2C)N1C. The molecular weight excluding hydrogens is 402 g/mol. The second kappa shape index (κ2) is 7.99. The zero-order chi connectivity index (χ0) is 21.4. The van der Waals surface area contributed by atoms with Gasteiger partial charge in [-0.25, -0.2) is 9.79 Å². The molecule has 0 saturated carbocycles. The second-order valence-electron chi connectivity index (χ2n) is 7.65. The number of carbonyl (C=O) groups is 2. The van der Waals surface area contributed by atoms with E-state index in [0.717, 1.165) is 11.1 Å². The molecule has 2 aliphatic heterocycles. The number of likely N-dealkylation sites (N-methyl/N-ethyl adjacent to an activating group) is 2. The highest BCUT2D eigenvalue weighted by molar-refractivity contribution is 6.31. The van der Waals surface area contributed by atoms with Crippen LogP contribution in [-0.2, 0) is 17.9 Å². The summed E-state index contributed by atoms with van der Waals surface area (Å²) in [5, 5.41) is 0.530. The lowest BCUT2D eigenvalue weighted by Crippen LogP contribution is -2.64. The van der Waals surface area contributed by atoms with Gasteiger partial charge in [-0.3, -0.25) is 9.69 Å². The van der Waals surface area contributed by atoms with Gasteiger partial charge in [0.15, 0.2) is 18.2 Å². The minimum absolute atomic E-state index is 0.133. The predicted octanol–water partition coefficient (Wildman–Crippen LogP) is 2.86. The summed E-state index contributed by atoms with van der Waals surface area (Å²) in [7, 11) is 5.47. The number of amides is 3. The molecule has 1 fully saturated rings. The summed E-state index contributed by atoms with van der Waals surface area (Å²) in [5.41, 5.74) is 1.87. The average Bonchev–Trinajstić information content (AvgIpc) is 3.09. The van der Waals surface area contributed by atoms with E-state index in [9.17, 15) is 9.59 Å². The van der Waals surface area contributed by atoms with Crippen LogP contribution in [0.15, 0.2) is 59.6 Å². The van der Waals surface area contributed by atoms with Crippen LogP contribution in [0.1, 0.15) is 11.1 Å². The van der Waals surface area contributed by atoms with Crippen molar-refractivity contribution in [3.05, 3.63) is 70.7 Å². The van der Waals surface area contributed by atoms with E-state index in [2.05, 4.69) is 0 Å². The van der Waals surface area contributed by atoms with Crippen LogP contribution in [0, 0.1) is 0 Å². The fourth-order valence-corrected chi connectivity index (χ4v) is 4.19. The Kier molecular flexibility index (Phi) is 5.39. The number of rotatable bonds is 4. The second-order valence-corrected chi connectivity index (χ2v) is 8.06. The van der Waals surface area contributed by atoms with Crippen LogP contribution in [0.4, 0.5) is 4.79 Å². The van der Waals surface area contributed by atoms with Crippen molar-refractivity contribution in [1.29, 1.82) is 0 Å². The van der Waals surface area contributed by atoms with Gasteiger partial charge < -0.3 is 14.7 Å². The van der Waals surface area contributed by atoms with Crippen molar-refractivity contribution in [1.82, 2.24) is 19.6 Å². The first-order valence-electron chi connectivity index (χ1n) is 9.75. The third-order valence-corrected chi connectivity index (χ3v) is 5.97. The molecule has 2 atom stereocenters. The number of urea groups is 1. The van der Waals surface area contributed by atoms with Gasteiger partial charge in [0.05, 0.1) is 6.54 Å². The monoisotopic (exact) mass is 425 g/mol. The highest BCUT2D eigenvalue weighted by Crippen LogP contribution is 2.29. The van der Waals surface area contributed by atoms with Gasteiger partial charge in [0.2, 0.25) is 0 Å². The quantitative estimate of drug-likeness (QED) is 0.755. The van der Waals surface area contributed by atoms with E-state index in [4.69, 9.17) is 16.6 Å². The van der Waals surface area contributed by atoms with Crippen LogP contribution in [0.5, 0.6) is 0 Å². The average molecular weight is 426 g/mol. The molecule has 7 nitrogen and oxygen atoms in total. The molecular formula is C22H24ClN5O2. The number of imide groups is 1. The van der Waals surface area contributed by atoms with Crippen LogP contribution in [0.2, 0.25) is 5.02 Å². The Hall–Kier alpha value is -3.06. The molecule has 2 aliphatic rings. The lowest BCUT2D eigenvalue weighted by molar-refractivity contribution is -0.137. The molecule has 0 spiro atoms. The zero-order valence-electron chi connectivity index (χ0n) is 17.2. The first kappa shape index (κ1) is 20.2. The molecule has 0 aliphatic carbocycles. The van der Waals surface area contributed by atoms with Crippen molar-refractivity contribution < 1.29 is 9.59 Å². The fourth-order valence-electron chi connectivity index (χ4n) is 3.99. The molecule has 3 amide bonds. The van der Waals surface area contributed by atoms with Crippen molar-refractivity contribution in [3.8, 4) is 0 Å². The summed E-state index contributed by atoms with van der Waals surface area (Å²) in [6.45, 7) is 0.784. The third-order valence-electron chi connectivity index (χ3n) is 5.60. The number of guanidine groups is 1. The van der Waals surface area contributed by atoms with Crippen molar-refractivity contribution >= 4 is 29.5 Å². The fraction of sp³-hybridized carbons (Fsp3) is 0.318. The number of carbonyl (C=O) groups excluding carboxylic acids is 2. The summed E-state index contributed by atoms with van der Waals surface area (Å²) in [6, 6.07) is 16.4. The molecule has 0 N–H and O–H groups in total. The first-order chi connectivity index (χ1) is 14.4. The van der Waals surface area contributed by atoms with Gasteiger partial charge in [-0.2, -0.15) is 0 Å². The third kappa shape index (κ3) is 3.50. The van der Waals surface area contributed by atoms with Gasteiger partial charge in [0.25, 0.3) is 5.91 Å². The molecule has 2 unspecified atom stereocenters. The van der Waals surface area contributed by atoms with Crippen LogP contribution in [0.25, 0.3) is 0 Å². The van der Waals surface area contributed by atoms with E-state index in [-0.39, 0.29) is 18.5 Å². The molecule has 0 aromatic heterocycles. The molecule has 2 aromatic carbocycles. The van der Waals surface area contributed by atoms with Crippen LogP contribution < -0.4 is 0 Å². The molecule has 30 heavy (non-hydrogen) atoms. The Morgan fingerprint density at radius 2 is 1.67 bits per heavy atom. The maximum atomic E-state index is 13.3. The zero-order valence-corrected chi connectivity index (χ0v) is 18.0. The van der Waals surface area contributed by atoms with E-state index < -0.39 is 12.2 Å². The molecule has 8 heteroatoms. The summed E-state index contributed by atoms with van der Waals surface area (Å²) in [5.74, 6) is 0.416. The highest BCUT2D eigenvalue weighted by atomic mass is 35.5. The van der Waals surface area contributed by atoms with Gasteiger partial charge in [0, 0.05) is 32.7 Å². The summed E-state index contributed by atoms with van der Waals surface area (Å²) >= 11 is 6.25. The Balaban J connectivity index is 1.57. The molecule has 4 rings (SSSR count). The first-order valence-corrected chi connectivity index (χ1v) is 10.1. The van der Waals surface area contributed by atoms with Crippen molar-refractivity contribution in [2.45, 2.75) is 25.3 Å². The normalized spacial score (nSPS) is 21.1. The van der Waals surface area contributed by atoms with E-state index in [0.29, 0.717) is 17.5 Å². The van der Waals surface area contributed by atoms with Crippen LogP contribution >= 0.6 is 11.6 Å². The Bertz CT molecular complexity index is 996. The van der Waals surface area contributed by atoms with E-state index in [1.54, 1.807) is 13.1 Å². The maximum absolute atomic E-state index is 13.3. The van der Waals surface area contributed by atoms with E-state index in [1.807, 2.05) is 72.4 Å². The van der Waals surface area contributed by atoms with E-state index in [1.165, 1.54) is 9.80 Å². The number of hydrogen-bond acceptors (Lipinski definition) is 5. The lowest BCUT2D eigenvalue weighted by atomic mass is 10.1. The Morgan fingerprint density at radius 3 is 2.37 bits per heavy atom. The van der Waals surface area contributed by atoms with Crippen molar-refractivity contribution in [2.24, 2.45) is 4.99 Å². The minimum Gasteiger partial charge on any atom is -0.341 e. The molecule has 0 bridgehead atoms. The Morgan fingerprint density at radius 1 is 1.00 bits per heavy atom. The van der Waals surface area contributed by atoms with Crippen LogP contribution in [-0.4, -0.2) is 70.8 Å². The summed E-state index contributed by atoms with van der Waals surface area (Å²) in [6.07, 6.45) is -0.550. The number of benzene rings is 2. The Labute approximate surface area is 181 Å². The van der Waals surface area contributed by atoms with Crippen LogP contribution in [0.3, 0.4) is 0 Å². The standard InChI is InChI=1S/C22H24ClN5O2/c1-25(13-15-9-5-4-6-10-15)21-24-19-18(26(21)2)20(29)28(22(30)27(19)3)14-16-11-7-8-12-17(16)23/h4-12,18-19H,13-14H2,1-3H3. The maximum Gasteiger partial charge on any atom is 0.328 e. The van der Waals surface area contributed by atoms with Gasteiger partial charge in [-0.05, 0) is 17.2 Å². The molecule has 1 saturated heterocycles. The summed E-state index contributed by atoms with van der Waals surface area (Å²) in [4.78, 5) is 37.6. The topological polar surface area (TPSA) is 59.5 Å². The van der Waals surface area contributed by atoms with Crippen molar-refractivity contribution in [2.75, 3.05) is 21.1 Å². The number of fused-ring (bicyclic) bond motifs is 1. The lowest BCUT2D eigenvalue weighted by Gasteiger charge is -2.40. The number of nitrogens with zero attached hydrogens (tertiary/aromatic N) is 5. The predicted molar refractivity (Wildman–Crippen MR) is 116 cm³/mol. The largest absolute Gasteiger partial charge is 0.341 e. The van der Waals surface area contributed by atoms with Gasteiger partial charge >= 0.3 is 6.03 Å². The summed E-state index contributed by atoms with van der Waals surface area (Å²) < 4.78 is 0. The number of aliphatic imine (C=N–C) groups is 1. The molecule has 2 heterocycles.